The van der Waals surface area contributed by atoms with Gasteiger partial charge in [0.2, 0.25) is 0 Å². The van der Waals surface area contributed by atoms with Gasteiger partial charge in [-0.2, -0.15) is 0 Å². The van der Waals surface area contributed by atoms with E-state index < -0.39 is 6.10 Å². The number of ether oxygens (including phenoxy) is 1. The summed E-state index contributed by atoms with van der Waals surface area (Å²) in [6.45, 7) is 4.88. The van der Waals surface area contributed by atoms with Gasteiger partial charge in [-0.3, -0.25) is 0 Å². The van der Waals surface area contributed by atoms with E-state index >= 15 is 0 Å². The van der Waals surface area contributed by atoms with Gasteiger partial charge in [-0.05, 0) is 24.3 Å². The van der Waals surface area contributed by atoms with Crippen LogP contribution in [0.25, 0.3) is 0 Å². The average Bonchev–Trinajstić information content (AvgIpc) is 2.25. The van der Waals surface area contributed by atoms with Crippen LogP contribution in [0.15, 0.2) is 24.3 Å². The Balaban J connectivity index is 0.00000256. The molecule has 17 heavy (non-hydrogen) atoms. The van der Waals surface area contributed by atoms with Gasteiger partial charge >= 0.3 is 0 Å². The number of hydrogen-bond donors (Lipinski definition) is 2. The molecule has 0 saturated carbocycles. The minimum absolute atomic E-state index is 0. The van der Waals surface area contributed by atoms with Crippen LogP contribution >= 0.6 is 24.0 Å². The number of aliphatic hydroxyl groups is 1. The molecule has 98 valence electrons. The summed E-state index contributed by atoms with van der Waals surface area (Å²) in [6.07, 6.45) is -0.502. The molecule has 0 fully saturated rings. The first-order valence-corrected chi connectivity index (χ1v) is 5.75. The molecular weight excluding hydrogens is 261 g/mol. The molecule has 1 unspecified atom stereocenters. The SMILES string of the molecule is CC(C)NCC(O)COc1ccc(Cl)cc1.Cl. The minimum atomic E-state index is -0.502. The molecule has 0 radical (unpaired) electrons. The number of hydrogen-bond acceptors (Lipinski definition) is 3. The van der Waals surface area contributed by atoms with E-state index in [4.69, 9.17) is 16.3 Å². The van der Waals surface area contributed by atoms with Crippen LogP contribution in [-0.2, 0) is 0 Å². The van der Waals surface area contributed by atoms with Gasteiger partial charge in [-0.25, -0.2) is 0 Å². The normalized spacial score (nSPS) is 12.1. The fourth-order valence-electron chi connectivity index (χ4n) is 1.15. The average molecular weight is 280 g/mol. The summed E-state index contributed by atoms with van der Waals surface area (Å²) in [7, 11) is 0. The first-order valence-electron chi connectivity index (χ1n) is 5.37. The van der Waals surface area contributed by atoms with Crippen molar-refractivity contribution >= 4 is 24.0 Å². The van der Waals surface area contributed by atoms with Gasteiger partial charge < -0.3 is 15.2 Å². The molecule has 0 amide bonds. The maximum absolute atomic E-state index is 9.60. The van der Waals surface area contributed by atoms with Crippen LogP contribution in [0.3, 0.4) is 0 Å². The number of halogens is 2. The third kappa shape index (κ3) is 7.45. The van der Waals surface area contributed by atoms with Gasteiger partial charge in [0.15, 0.2) is 0 Å². The second kappa shape index (κ2) is 8.59. The van der Waals surface area contributed by atoms with Crippen molar-refractivity contribution < 1.29 is 9.84 Å². The molecule has 0 heterocycles. The standard InChI is InChI=1S/C12H18ClNO2.ClH/c1-9(2)14-7-11(15)8-16-12-5-3-10(13)4-6-12;/h3-6,9,11,14-15H,7-8H2,1-2H3;1H. The van der Waals surface area contributed by atoms with Gasteiger partial charge in [-0.1, -0.05) is 25.4 Å². The highest BCUT2D eigenvalue weighted by Crippen LogP contribution is 2.15. The van der Waals surface area contributed by atoms with Crippen LogP contribution in [0.1, 0.15) is 13.8 Å². The molecule has 0 aliphatic heterocycles. The Bertz CT molecular complexity index is 304. The number of aliphatic hydroxyl groups excluding tert-OH is 1. The third-order valence-corrected chi connectivity index (χ3v) is 2.27. The Hall–Kier alpha value is -0.480. The van der Waals surface area contributed by atoms with Crippen molar-refractivity contribution in [3.63, 3.8) is 0 Å². The smallest absolute Gasteiger partial charge is 0.119 e. The van der Waals surface area contributed by atoms with E-state index in [-0.39, 0.29) is 19.0 Å². The zero-order valence-corrected chi connectivity index (χ0v) is 11.6. The van der Waals surface area contributed by atoms with Crippen LogP contribution in [0.2, 0.25) is 5.02 Å². The molecule has 5 heteroatoms. The van der Waals surface area contributed by atoms with Crippen molar-refractivity contribution in [2.45, 2.75) is 26.0 Å². The summed E-state index contributed by atoms with van der Waals surface area (Å²) >= 11 is 5.74. The molecule has 0 aromatic heterocycles. The first kappa shape index (κ1) is 16.5. The van der Waals surface area contributed by atoms with Gasteiger partial charge in [0.25, 0.3) is 0 Å². The number of nitrogens with one attached hydrogen (secondary N) is 1. The molecule has 0 bridgehead atoms. The van der Waals surface area contributed by atoms with E-state index in [9.17, 15) is 5.11 Å². The Kier molecular flexibility index (Phi) is 8.35. The van der Waals surface area contributed by atoms with E-state index in [0.717, 1.165) is 0 Å². The van der Waals surface area contributed by atoms with Gasteiger partial charge in [-0.15, -0.1) is 12.4 Å². The summed E-state index contributed by atoms with van der Waals surface area (Å²) in [4.78, 5) is 0. The quantitative estimate of drug-likeness (QED) is 0.841. The lowest BCUT2D eigenvalue weighted by Gasteiger charge is -2.14. The summed E-state index contributed by atoms with van der Waals surface area (Å²) < 4.78 is 5.41. The van der Waals surface area contributed by atoms with Gasteiger partial charge in [0, 0.05) is 17.6 Å². The summed E-state index contributed by atoms with van der Waals surface area (Å²) in [5, 5.41) is 13.4. The molecular formula is C12H19Cl2NO2. The molecule has 0 aliphatic rings. The van der Waals surface area contributed by atoms with Crippen LogP contribution in [0.5, 0.6) is 5.75 Å². The second-order valence-corrected chi connectivity index (χ2v) is 4.42. The van der Waals surface area contributed by atoms with E-state index in [1.54, 1.807) is 24.3 Å². The second-order valence-electron chi connectivity index (χ2n) is 3.98. The highest BCUT2D eigenvalue weighted by molar-refractivity contribution is 6.30. The lowest BCUT2D eigenvalue weighted by molar-refractivity contribution is 0.104. The molecule has 0 spiro atoms. The largest absolute Gasteiger partial charge is 0.491 e. The van der Waals surface area contributed by atoms with E-state index in [1.165, 1.54) is 0 Å². The number of rotatable bonds is 6. The molecule has 2 N–H and O–H groups in total. The lowest BCUT2D eigenvalue weighted by atomic mass is 10.3. The highest BCUT2D eigenvalue weighted by Gasteiger charge is 2.05. The molecule has 1 aromatic rings. The minimum Gasteiger partial charge on any atom is -0.491 e. The first-order chi connectivity index (χ1) is 7.58. The predicted molar refractivity (Wildman–Crippen MR) is 73.3 cm³/mol. The fourth-order valence-corrected chi connectivity index (χ4v) is 1.28. The highest BCUT2D eigenvalue weighted by atomic mass is 35.5. The van der Waals surface area contributed by atoms with E-state index in [2.05, 4.69) is 5.32 Å². The molecule has 3 nitrogen and oxygen atoms in total. The Morgan fingerprint density at radius 1 is 1.29 bits per heavy atom. The summed E-state index contributed by atoms with van der Waals surface area (Å²) in [5.41, 5.74) is 0. The maximum Gasteiger partial charge on any atom is 0.119 e. The Labute approximate surface area is 114 Å². The molecule has 1 atom stereocenters. The molecule has 1 aromatic carbocycles. The Morgan fingerprint density at radius 2 is 1.88 bits per heavy atom. The van der Waals surface area contributed by atoms with Crippen LogP contribution in [-0.4, -0.2) is 30.4 Å². The zero-order chi connectivity index (χ0) is 12.0. The van der Waals surface area contributed by atoms with Crippen molar-refractivity contribution in [3.8, 4) is 5.75 Å². The predicted octanol–water partition coefficient (Wildman–Crippen LogP) is 2.50. The van der Waals surface area contributed by atoms with E-state index in [0.29, 0.717) is 23.4 Å². The molecule has 0 aliphatic carbocycles. The van der Waals surface area contributed by atoms with Crippen molar-refractivity contribution in [1.82, 2.24) is 5.32 Å². The lowest BCUT2D eigenvalue weighted by Crippen LogP contribution is -2.35. The third-order valence-electron chi connectivity index (χ3n) is 2.02. The summed E-state index contributed by atoms with van der Waals surface area (Å²) in [5.74, 6) is 0.716. The van der Waals surface area contributed by atoms with Gasteiger partial charge in [0.05, 0.1) is 0 Å². The van der Waals surface area contributed by atoms with Crippen LogP contribution < -0.4 is 10.1 Å². The van der Waals surface area contributed by atoms with Crippen molar-refractivity contribution in [2.24, 2.45) is 0 Å². The number of benzene rings is 1. The van der Waals surface area contributed by atoms with Crippen LogP contribution in [0, 0.1) is 0 Å². The molecule has 1 rings (SSSR count). The summed E-state index contributed by atoms with van der Waals surface area (Å²) in [6, 6.07) is 7.45. The van der Waals surface area contributed by atoms with Crippen molar-refractivity contribution in [1.29, 1.82) is 0 Å². The Morgan fingerprint density at radius 3 is 2.41 bits per heavy atom. The zero-order valence-electron chi connectivity index (χ0n) is 10.0. The van der Waals surface area contributed by atoms with E-state index in [1.807, 2.05) is 13.8 Å². The topological polar surface area (TPSA) is 41.5 Å². The van der Waals surface area contributed by atoms with Crippen molar-refractivity contribution in [2.75, 3.05) is 13.2 Å². The van der Waals surface area contributed by atoms with Crippen molar-refractivity contribution in [3.05, 3.63) is 29.3 Å². The molecule has 0 saturated heterocycles. The fraction of sp³-hybridized carbons (Fsp3) is 0.500. The van der Waals surface area contributed by atoms with Crippen LogP contribution in [0.4, 0.5) is 0 Å². The van der Waals surface area contributed by atoms with Gasteiger partial charge in [0.1, 0.15) is 18.5 Å². The monoisotopic (exact) mass is 279 g/mol. The maximum atomic E-state index is 9.60.